The maximum Gasteiger partial charge on any atom is 0.228 e. The van der Waals surface area contributed by atoms with Gasteiger partial charge in [0.05, 0.1) is 6.42 Å². The van der Waals surface area contributed by atoms with E-state index in [4.69, 9.17) is 0 Å². The van der Waals surface area contributed by atoms with E-state index in [-0.39, 0.29) is 24.1 Å². The second-order valence-electron chi connectivity index (χ2n) is 6.31. The number of halogens is 1. The van der Waals surface area contributed by atoms with Crippen molar-refractivity contribution in [2.75, 3.05) is 16.0 Å². The average molecular weight is 377 g/mol. The molecule has 2 amide bonds. The van der Waals surface area contributed by atoms with Crippen molar-refractivity contribution in [3.63, 3.8) is 0 Å². The summed E-state index contributed by atoms with van der Waals surface area (Å²) in [5, 5.41) is 8.79. The zero-order chi connectivity index (χ0) is 19.9. The summed E-state index contributed by atoms with van der Waals surface area (Å²) in [6.07, 6.45) is 0.181. The summed E-state index contributed by atoms with van der Waals surface area (Å²) in [6.45, 7) is 1.46. The summed E-state index contributed by atoms with van der Waals surface area (Å²) < 4.78 is 12.9. The smallest absolute Gasteiger partial charge is 0.228 e. The first-order valence-corrected chi connectivity index (χ1v) is 8.77. The van der Waals surface area contributed by atoms with Crippen LogP contribution in [0.3, 0.4) is 0 Å². The number of carbonyl (C=O) groups is 2. The van der Waals surface area contributed by atoms with E-state index in [1.807, 2.05) is 36.4 Å². The highest BCUT2D eigenvalue weighted by Gasteiger charge is 2.05. The Morgan fingerprint density at radius 2 is 1.18 bits per heavy atom. The minimum atomic E-state index is -0.322. The summed E-state index contributed by atoms with van der Waals surface area (Å²) in [5.74, 6) is -0.601. The molecule has 6 heteroatoms. The van der Waals surface area contributed by atoms with E-state index in [0.717, 1.165) is 22.6 Å². The van der Waals surface area contributed by atoms with Crippen LogP contribution in [0.25, 0.3) is 0 Å². The molecule has 0 fully saturated rings. The molecule has 0 aliphatic rings. The van der Waals surface area contributed by atoms with E-state index in [1.165, 1.54) is 19.1 Å². The van der Waals surface area contributed by atoms with E-state index in [1.54, 1.807) is 24.3 Å². The van der Waals surface area contributed by atoms with Crippen LogP contribution in [-0.2, 0) is 16.0 Å². The lowest BCUT2D eigenvalue weighted by molar-refractivity contribution is -0.116. The Bertz CT molecular complexity index is 953. The third-order valence-electron chi connectivity index (χ3n) is 3.94. The maximum absolute atomic E-state index is 12.9. The Labute approximate surface area is 162 Å². The molecule has 0 aliphatic heterocycles. The monoisotopic (exact) mass is 377 g/mol. The van der Waals surface area contributed by atoms with Crippen LogP contribution >= 0.6 is 0 Å². The molecule has 0 saturated carbocycles. The number of anilines is 4. The minimum Gasteiger partial charge on any atom is -0.356 e. The van der Waals surface area contributed by atoms with Crippen LogP contribution in [0.15, 0.2) is 72.8 Å². The standard InChI is InChI=1S/C22H20FN3O2/c1-15(27)24-18-6-8-19(9-7-18)25-20-10-12-21(13-11-20)26-22(28)14-16-2-4-17(23)5-3-16/h2-13,25H,14H2,1H3,(H,24,27)(H,26,28). The topological polar surface area (TPSA) is 70.2 Å². The number of nitrogens with one attached hydrogen (secondary N) is 3. The summed E-state index contributed by atoms with van der Waals surface area (Å²) in [4.78, 5) is 23.1. The van der Waals surface area contributed by atoms with Gasteiger partial charge < -0.3 is 16.0 Å². The molecular weight excluding hydrogens is 357 g/mol. The lowest BCUT2D eigenvalue weighted by Crippen LogP contribution is -2.14. The average Bonchev–Trinajstić information content (AvgIpc) is 2.66. The molecule has 0 radical (unpaired) electrons. The number of hydrogen-bond donors (Lipinski definition) is 3. The van der Waals surface area contributed by atoms with Gasteiger partial charge in [-0.25, -0.2) is 4.39 Å². The third-order valence-corrected chi connectivity index (χ3v) is 3.94. The van der Waals surface area contributed by atoms with Gasteiger partial charge in [-0.1, -0.05) is 12.1 Å². The van der Waals surface area contributed by atoms with E-state index in [2.05, 4.69) is 16.0 Å². The predicted molar refractivity (Wildman–Crippen MR) is 109 cm³/mol. The van der Waals surface area contributed by atoms with Crippen LogP contribution in [0.5, 0.6) is 0 Å². The molecule has 28 heavy (non-hydrogen) atoms. The van der Waals surface area contributed by atoms with Gasteiger partial charge in [-0.2, -0.15) is 0 Å². The van der Waals surface area contributed by atoms with Gasteiger partial charge in [0, 0.05) is 29.7 Å². The predicted octanol–water partition coefficient (Wildman–Crippen LogP) is 4.71. The normalized spacial score (nSPS) is 10.2. The number of carbonyl (C=O) groups excluding carboxylic acids is 2. The lowest BCUT2D eigenvalue weighted by atomic mass is 10.1. The second kappa shape index (κ2) is 8.81. The van der Waals surface area contributed by atoms with Gasteiger partial charge >= 0.3 is 0 Å². The van der Waals surface area contributed by atoms with E-state index >= 15 is 0 Å². The molecule has 0 atom stereocenters. The minimum absolute atomic E-state index is 0.113. The molecule has 0 bridgehead atoms. The summed E-state index contributed by atoms with van der Waals surface area (Å²) in [7, 11) is 0. The number of amides is 2. The first-order chi connectivity index (χ1) is 13.5. The van der Waals surface area contributed by atoms with Crippen molar-refractivity contribution in [3.8, 4) is 0 Å². The van der Waals surface area contributed by atoms with Crippen molar-refractivity contribution in [3.05, 3.63) is 84.2 Å². The molecule has 3 N–H and O–H groups in total. The molecule has 0 heterocycles. The van der Waals surface area contributed by atoms with Crippen molar-refractivity contribution >= 4 is 34.6 Å². The van der Waals surface area contributed by atoms with Gasteiger partial charge in [0.15, 0.2) is 0 Å². The van der Waals surface area contributed by atoms with E-state index < -0.39 is 0 Å². The summed E-state index contributed by atoms with van der Waals surface area (Å²) in [6, 6.07) is 20.5. The first-order valence-electron chi connectivity index (χ1n) is 8.77. The molecule has 0 saturated heterocycles. The fourth-order valence-corrected chi connectivity index (χ4v) is 2.64. The molecular formula is C22H20FN3O2. The molecule has 142 valence electrons. The number of hydrogen-bond acceptors (Lipinski definition) is 3. The van der Waals surface area contributed by atoms with Crippen molar-refractivity contribution in [2.45, 2.75) is 13.3 Å². The van der Waals surface area contributed by atoms with Crippen molar-refractivity contribution in [1.82, 2.24) is 0 Å². The summed E-state index contributed by atoms with van der Waals surface area (Å²) in [5.41, 5.74) is 3.90. The molecule has 3 rings (SSSR count). The quantitative estimate of drug-likeness (QED) is 0.583. The zero-order valence-electron chi connectivity index (χ0n) is 15.3. The van der Waals surface area contributed by atoms with Gasteiger partial charge in [-0.15, -0.1) is 0 Å². The maximum atomic E-state index is 12.9. The highest BCUT2D eigenvalue weighted by Crippen LogP contribution is 2.21. The van der Waals surface area contributed by atoms with Crippen LogP contribution in [-0.4, -0.2) is 11.8 Å². The van der Waals surface area contributed by atoms with Gasteiger partial charge in [-0.3, -0.25) is 9.59 Å². The van der Waals surface area contributed by atoms with Crippen LogP contribution in [0.1, 0.15) is 12.5 Å². The summed E-state index contributed by atoms with van der Waals surface area (Å²) >= 11 is 0. The van der Waals surface area contributed by atoms with E-state index in [0.29, 0.717) is 5.69 Å². The van der Waals surface area contributed by atoms with Crippen LogP contribution in [0.2, 0.25) is 0 Å². The highest BCUT2D eigenvalue weighted by atomic mass is 19.1. The second-order valence-corrected chi connectivity index (χ2v) is 6.31. The van der Waals surface area contributed by atoms with Gasteiger partial charge in [0.25, 0.3) is 0 Å². The zero-order valence-corrected chi connectivity index (χ0v) is 15.3. The fourth-order valence-electron chi connectivity index (χ4n) is 2.64. The van der Waals surface area contributed by atoms with Crippen LogP contribution < -0.4 is 16.0 Å². The Balaban J connectivity index is 1.55. The van der Waals surface area contributed by atoms with Crippen LogP contribution in [0, 0.1) is 5.82 Å². The van der Waals surface area contributed by atoms with Crippen molar-refractivity contribution < 1.29 is 14.0 Å². The van der Waals surface area contributed by atoms with Gasteiger partial charge in [-0.05, 0) is 66.2 Å². The van der Waals surface area contributed by atoms with Crippen LogP contribution in [0.4, 0.5) is 27.1 Å². The number of benzene rings is 3. The Hall–Kier alpha value is -3.67. The highest BCUT2D eigenvalue weighted by molar-refractivity contribution is 5.92. The molecule has 3 aromatic rings. The van der Waals surface area contributed by atoms with Crippen molar-refractivity contribution in [2.24, 2.45) is 0 Å². The fraction of sp³-hybridized carbons (Fsp3) is 0.0909. The van der Waals surface area contributed by atoms with E-state index in [9.17, 15) is 14.0 Å². The van der Waals surface area contributed by atoms with Gasteiger partial charge in [0.1, 0.15) is 5.82 Å². The SMILES string of the molecule is CC(=O)Nc1ccc(Nc2ccc(NC(=O)Cc3ccc(F)cc3)cc2)cc1. The molecule has 3 aromatic carbocycles. The molecule has 0 unspecified atom stereocenters. The molecule has 0 spiro atoms. The first kappa shape index (κ1) is 19.1. The van der Waals surface area contributed by atoms with Crippen molar-refractivity contribution in [1.29, 1.82) is 0 Å². The Morgan fingerprint density at radius 3 is 1.68 bits per heavy atom. The molecule has 0 aliphatic carbocycles. The number of rotatable bonds is 6. The molecule has 5 nitrogen and oxygen atoms in total. The van der Waals surface area contributed by atoms with Gasteiger partial charge in [0.2, 0.25) is 11.8 Å². The Morgan fingerprint density at radius 1 is 0.714 bits per heavy atom. The molecule has 0 aromatic heterocycles. The third kappa shape index (κ3) is 5.67. The largest absolute Gasteiger partial charge is 0.356 e. The lowest BCUT2D eigenvalue weighted by Gasteiger charge is -2.10. The Kier molecular flexibility index (Phi) is 6.01.